The number of benzene rings is 2. The fourth-order valence-corrected chi connectivity index (χ4v) is 5.81. The van der Waals surface area contributed by atoms with E-state index in [9.17, 15) is 23.6 Å². The van der Waals surface area contributed by atoms with Crippen LogP contribution in [0.2, 0.25) is 0 Å². The van der Waals surface area contributed by atoms with Crippen molar-refractivity contribution >= 4 is 29.6 Å². The van der Waals surface area contributed by atoms with E-state index in [4.69, 9.17) is 4.74 Å². The summed E-state index contributed by atoms with van der Waals surface area (Å²) < 4.78 is 19.2. The van der Waals surface area contributed by atoms with Gasteiger partial charge in [0.1, 0.15) is 12.4 Å². The molecule has 5 amide bonds. The van der Waals surface area contributed by atoms with Crippen molar-refractivity contribution in [1.82, 2.24) is 15.1 Å². The topological polar surface area (TPSA) is 108 Å². The van der Waals surface area contributed by atoms with Gasteiger partial charge in [-0.1, -0.05) is 18.2 Å². The number of rotatable bonds is 4. The van der Waals surface area contributed by atoms with Crippen LogP contribution in [0.4, 0.5) is 19.7 Å². The number of aryl methyl sites for hydroxylation is 1. The molecule has 2 atom stereocenters. The molecule has 2 N–H and O–H groups in total. The van der Waals surface area contributed by atoms with E-state index >= 15 is 0 Å². The van der Waals surface area contributed by atoms with E-state index in [0.717, 1.165) is 22.4 Å². The Hall–Kier alpha value is -3.95. The van der Waals surface area contributed by atoms with Crippen molar-refractivity contribution in [2.45, 2.75) is 56.7 Å². The number of amides is 5. The summed E-state index contributed by atoms with van der Waals surface area (Å²) in [6.45, 7) is 3.45. The highest BCUT2D eigenvalue weighted by Gasteiger charge is 2.59. The van der Waals surface area contributed by atoms with Crippen molar-refractivity contribution in [3.8, 4) is 0 Å². The second-order valence-corrected chi connectivity index (χ2v) is 10.3. The molecule has 9 nitrogen and oxygen atoms in total. The Bertz CT molecular complexity index is 1290. The number of urea groups is 1. The molecule has 2 saturated heterocycles. The number of anilines is 1. The first-order chi connectivity index (χ1) is 17.6. The van der Waals surface area contributed by atoms with Crippen LogP contribution in [0.3, 0.4) is 0 Å². The molecule has 2 aromatic rings. The van der Waals surface area contributed by atoms with Gasteiger partial charge in [-0.15, -0.1) is 0 Å². The van der Waals surface area contributed by atoms with Crippen LogP contribution in [0, 0.1) is 5.82 Å². The van der Waals surface area contributed by atoms with Crippen LogP contribution in [0.1, 0.15) is 55.8 Å². The predicted octanol–water partition coefficient (Wildman–Crippen LogP) is 3.84. The standard InChI is InChI=1S/C27H29FN4O5/c1-26(2)12-11-21(16-4-6-18(28)7-5-16)32(26)22(33)15-31-23(34)27(37-25(31)36)13-10-17-14-19(8-9-20(17)27)30-24(35)29-3/h4-9,14,21H,10-13,15H2,1-3H3,(H2,29,30,35). The summed E-state index contributed by atoms with van der Waals surface area (Å²) >= 11 is 0. The van der Waals surface area contributed by atoms with Gasteiger partial charge in [0.15, 0.2) is 0 Å². The maximum absolute atomic E-state index is 13.6. The van der Waals surface area contributed by atoms with Crippen molar-refractivity contribution in [2.75, 3.05) is 18.9 Å². The minimum absolute atomic E-state index is 0.258. The highest BCUT2D eigenvalue weighted by Crippen LogP contribution is 2.47. The van der Waals surface area contributed by atoms with Crippen molar-refractivity contribution in [1.29, 1.82) is 0 Å². The molecule has 194 valence electrons. The van der Waals surface area contributed by atoms with Crippen LogP contribution in [-0.2, 0) is 26.3 Å². The summed E-state index contributed by atoms with van der Waals surface area (Å²) in [4.78, 5) is 54.3. The Labute approximate surface area is 213 Å². The molecule has 2 heterocycles. The Morgan fingerprint density at radius 2 is 1.84 bits per heavy atom. The highest BCUT2D eigenvalue weighted by atomic mass is 19.1. The molecule has 3 aliphatic rings. The van der Waals surface area contributed by atoms with Gasteiger partial charge in [0, 0.05) is 30.3 Å². The third-order valence-electron chi connectivity index (χ3n) is 7.65. The van der Waals surface area contributed by atoms with E-state index in [-0.39, 0.29) is 30.2 Å². The number of carbonyl (C=O) groups is 4. The lowest BCUT2D eigenvalue weighted by Crippen LogP contribution is -2.50. The third kappa shape index (κ3) is 4.10. The molecule has 0 aromatic heterocycles. The number of fused-ring (bicyclic) bond motifs is 2. The van der Waals surface area contributed by atoms with Gasteiger partial charge in [-0.05, 0) is 68.5 Å². The molecule has 2 aliphatic heterocycles. The summed E-state index contributed by atoms with van der Waals surface area (Å²) in [5.74, 6) is -1.29. The van der Waals surface area contributed by atoms with E-state index in [1.807, 2.05) is 13.8 Å². The summed E-state index contributed by atoms with van der Waals surface area (Å²) in [5.41, 5.74) is 0.735. The zero-order valence-electron chi connectivity index (χ0n) is 21.0. The van der Waals surface area contributed by atoms with E-state index in [1.54, 1.807) is 35.2 Å². The lowest BCUT2D eigenvalue weighted by molar-refractivity contribution is -0.144. The van der Waals surface area contributed by atoms with Gasteiger partial charge in [0.05, 0.1) is 6.04 Å². The number of hydrogen-bond donors (Lipinski definition) is 2. The maximum atomic E-state index is 13.6. The number of hydrogen-bond acceptors (Lipinski definition) is 5. The first-order valence-electron chi connectivity index (χ1n) is 12.3. The minimum atomic E-state index is -1.48. The number of ether oxygens (including phenoxy) is 1. The number of likely N-dealkylation sites (tertiary alicyclic amines) is 1. The van der Waals surface area contributed by atoms with E-state index in [0.29, 0.717) is 24.1 Å². The van der Waals surface area contributed by atoms with Crippen molar-refractivity contribution in [3.05, 3.63) is 65.0 Å². The molecular weight excluding hydrogens is 479 g/mol. The zero-order valence-corrected chi connectivity index (χ0v) is 21.0. The lowest BCUT2D eigenvalue weighted by Gasteiger charge is -2.37. The van der Waals surface area contributed by atoms with E-state index in [2.05, 4.69) is 10.6 Å². The van der Waals surface area contributed by atoms with Gasteiger partial charge in [-0.25, -0.2) is 18.9 Å². The SMILES string of the molecule is CNC(=O)Nc1ccc2c(c1)CCC21OC(=O)N(CC(=O)N2C(c3ccc(F)cc3)CCC2(C)C)C1=O. The second-order valence-electron chi connectivity index (χ2n) is 10.3. The second kappa shape index (κ2) is 8.86. The Morgan fingerprint density at radius 1 is 1.11 bits per heavy atom. The van der Waals surface area contributed by atoms with Crippen molar-refractivity contribution in [2.24, 2.45) is 0 Å². The first-order valence-corrected chi connectivity index (χ1v) is 12.3. The smallest absolute Gasteiger partial charge is 0.418 e. The van der Waals surface area contributed by atoms with Crippen molar-refractivity contribution in [3.63, 3.8) is 0 Å². The van der Waals surface area contributed by atoms with Gasteiger partial charge >= 0.3 is 12.1 Å². The summed E-state index contributed by atoms with van der Waals surface area (Å²) in [6.07, 6.45) is 1.30. The van der Waals surface area contributed by atoms with Crippen LogP contribution in [0.25, 0.3) is 0 Å². The summed E-state index contributed by atoms with van der Waals surface area (Å²) in [6, 6.07) is 10.5. The fraction of sp³-hybridized carbons (Fsp3) is 0.407. The number of nitrogens with zero attached hydrogens (tertiary/aromatic N) is 2. The van der Waals surface area contributed by atoms with Crippen LogP contribution in [-0.4, -0.2) is 52.9 Å². The zero-order chi connectivity index (χ0) is 26.5. The Morgan fingerprint density at radius 3 is 2.54 bits per heavy atom. The quantitative estimate of drug-likeness (QED) is 0.653. The average Bonchev–Trinajstić information content (AvgIpc) is 3.46. The normalized spacial score (nSPS) is 23.8. The number of carbonyl (C=O) groups excluding carboxylic acids is 4. The van der Waals surface area contributed by atoms with E-state index < -0.39 is 29.7 Å². The Balaban J connectivity index is 1.37. The van der Waals surface area contributed by atoms with Crippen LogP contribution >= 0.6 is 0 Å². The molecule has 10 heteroatoms. The number of halogens is 1. The molecule has 0 bridgehead atoms. The average molecular weight is 509 g/mol. The van der Waals surface area contributed by atoms with Gasteiger partial charge in [0.2, 0.25) is 11.5 Å². The van der Waals surface area contributed by atoms with Crippen LogP contribution in [0.15, 0.2) is 42.5 Å². The molecule has 37 heavy (non-hydrogen) atoms. The molecule has 0 radical (unpaired) electrons. The monoisotopic (exact) mass is 508 g/mol. The van der Waals surface area contributed by atoms with Gasteiger partial charge < -0.3 is 20.3 Å². The maximum Gasteiger partial charge on any atom is 0.418 e. The third-order valence-corrected chi connectivity index (χ3v) is 7.65. The fourth-order valence-electron chi connectivity index (χ4n) is 5.81. The van der Waals surface area contributed by atoms with Gasteiger partial charge in [-0.3, -0.25) is 9.59 Å². The molecule has 2 aromatic carbocycles. The molecule has 0 saturated carbocycles. The molecular formula is C27H29FN4O5. The van der Waals surface area contributed by atoms with Gasteiger partial charge in [-0.2, -0.15) is 0 Å². The molecule has 5 rings (SSSR count). The predicted molar refractivity (Wildman–Crippen MR) is 132 cm³/mol. The van der Waals surface area contributed by atoms with Gasteiger partial charge in [0.25, 0.3) is 5.91 Å². The largest absolute Gasteiger partial charge is 0.427 e. The molecule has 2 unspecified atom stereocenters. The first kappa shape index (κ1) is 24.7. The molecule has 2 fully saturated rings. The molecule has 1 spiro atoms. The lowest BCUT2D eigenvalue weighted by atomic mass is 9.94. The Kier molecular flexibility index (Phi) is 5.92. The van der Waals surface area contributed by atoms with Crippen molar-refractivity contribution < 1.29 is 28.3 Å². The van der Waals surface area contributed by atoms with Crippen LogP contribution in [0.5, 0.6) is 0 Å². The molecule has 1 aliphatic carbocycles. The highest BCUT2D eigenvalue weighted by molar-refractivity contribution is 6.06. The summed E-state index contributed by atoms with van der Waals surface area (Å²) in [7, 11) is 1.51. The summed E-state index contributed by atoms with van der Waals surface area (Å²) in [5, 5.41) is 5.17. The van der Waals surface area contributed by atoms with E-state index in [1.165, 1.54) is 19.2 Å². The number of nitrogens with one attached hydrogen (secondary N) is 2. The van der Waals surface area contributed by atoms with Crippen LogP contribution < -0.4 is 10.6 Å². The number of imide groups is 1. The minimum Gasteiger partial charge on any atom is -0.427 e.